The van der Waals surface area contributed by atoms with Crippen LogP contribution in [0.3, 0.4) is 0 Å². The summed E-state index contributed by atoms with van der Waals surface area (Å²) in [5.41, 5.74) is 4.45. The van der Waals surface area contributed by atoms with Gasteiger partial charge in [0.15, 0.2) is 11.6 Å². The third kappa shape index (κ3) is 6.48. The molecular formula is C34H35FN4O6. The van der Waals surface area contributed by atoms with E-state index in [0.717, 1.165) is 34.4 Å². The minimum Gasteiger partial charge on any atom is -0.494 e. The molecule has 3 aromatic carbocycles. The molecule has 0 saturated heterocycles. The first-order valence-electron chi connectivity index (χ1n) is 14.9. The fourth-order valence-electron chi connectivity index (χ4n) is 6.00. The van der Waals surface area contributed by atoms with Crippen molar-refractivity contribution in [2.24, 2.45) is 0 Å². The molecule has 234 valence electrons. The van der Waals surface area contributed by atoms with Crippen LogP contribution in [-0.2, 0) is 17.7 Å². The van der Waals surface area contributed by atoms with Crippen LogP contribution in [0, 0.1) is 5.82 Å². The van der Waals surface area contributed by atoms with Crippen molar-refractivity contribution in [2.45, 2.75) is 25.4 Å². The van der Waals surface area contributed by atoms with E-state index in [9.17, 15) is 14.0 Å². The molecule has 3 aliphatic heterocycles. The SMILES string of the molecule is COC(=O)c1[nH]ncc1CN1CCCOc2cccc(c2)C2c3ccc(cc3CCN2C(=O)c2ccc(F)c(OC)c2)OCC1. The lowest BCUT2D eigenvalue weighted by atomic mass is 9.87. The Morgan fingerprint density at radius 1 is 1.00 bits per heavy atom. The Morgan fingerprint density at radius 2 is 1.84 bits per heavy atom. The maximum Gasteiger partial charge on any atom is 0.356 e. The molecule has 6 bridgehead atoms. The normalized spacial score (nSPS) is 16.9. The Morgan fingerprint density at radius 3 is 2.69 bits per heavy atom. The Labute approximate surface area is 260 Å². The summed E-state index contributed by atoms with van der Waals surface area (Å²) in [7, 11) is 2.73. The van der Waals surface area contributed by atoms with E-state index in [1.165, 1.54) is 32.4 Å². The molecule has 0 saturated carbocycles. The van der Waals surface area contributed by atoms with Crippen LogP contribution in [0.15, 0.2) is 66.9 Å². The number of hydrogen-bond donors (Lipinski definition) is 1. The molecule has 4 aromatic rings. The first-order valence-corrected chi connectivity index (χ1v) is 14.9. The minimum absolute atomic E-state index is 0.0284. The highest BCUT2D eigenvalue weighted by Crippen LogP contribution is 2.39. The summed E-state index contributed by atoms with van der Waals surface area (Å²) in [4.78, 5) is 30.1. The van der Waals surface area contributed by atoms with E-state index in [1.807, 2.05) is 47.4 Å². The van der Waals surface area contributed by atoms with Crippen LogP contribution in [0.25, 0.3) is 0 Å². The van der Waals surface area contributed by atoms with Crippen LogP contribution in [0.2, 0.25) is 0 Å². The van der Waals surface area contributed by atoms with Gasteiger partial charge < -0.3 is 23.8 Å². The number of amides is 1. The van der Waals surface area contributed by atoms with Gasteiger partial charge in [-0.3, -0.25) is 14.8 Å². The number of fused-ring (bicyclic) bond motifs is 8. The van der Waals surface area contributed by atoms with E-state index in [0.29, 0.717) is 62.8 Å². The molecule has 1 aromatic heterocycles. The number of rotatable bonds is 5. The Hall–Kier alpha value is -4.90. The highest BCUT2D eigenvalue weighted by molar-refractivity contribution is 5.95. The van der Waals surface area contributed by atoms with Crippen LogP contribution in [-0.4, -0.2) is 78.9 Å². The highest BCUT2D eigenvalue weighted by atomic mass is 19.1. The average Bonchev–Trinajstić information content (AvgIpc) is 3.53. The summed E-state index contributed by atoms with van der Waals surface area (Å²) in [6.45, 7) is 3.18. The smallest absolute Gasteiger partial charge is 0.356 e. The molecule has 0 aliphatic carbocycles. The van der Waals surface area contributed by atoms with Crippen LogP contribution in [0.1, 0.15) is 55.6 Å². The summed E-state index contributed by atoms with van der Waals surface area (Å²) >= 11 is 0. The number of H-pyrrole nitrogens is 1. The maximum atomic E-state index is 14.2. The number of nitrogens with zero attached hydrogens (tertiary/aromatic N) is 3. The molecule has 10 nitrogen and oxygen atoms in total. The van der Waals surface area contributed by atoms with Crippen LogP contribution >= 0.6 is 0 Å². The maximum absolute atomic E-state index is 14.2. The molecule has 1 N–H and O–H groups in total. The fraction of sp³-hybridized carbons (Fsp3) is 0.324. The summed E-state index contributed by atoms with van der Waals surface area (Å²) in [6, 6.07) is 17.6. The van der Waals surface area contributed by atoms with Gasteiger partial charge in [0.2, 0.25) is 0 Å². The van der Waals surface area contributed by atoms with Crippen molar-refractivity contribution in [1.82, 2.24) is 20.0 Å². The van der Waals surface area contributed by atoms with Crippen molar-refractivity contribution in [3.63, 3.8) is 0 Å². The van der Waals surface area contributed by atoms with Gasteiger partial charge in [-0.2, -0.15) is 5.10 Å². The quantitative estimate of drug-likeness (QED) is 0.320. The minimum atomic E-state index is -0.518. The number of aromatic nitrogens is 2. The van der Waals surface area contributed by atoms with Gasteiger partial charge in [-0.15, -0.1) is 0 Å². The molecule has 11 heteroatoms. The molecule has 7 rings (SSSR count). The molecule has 4 heterocycles. The number of aromatic amines is 1. The zero-order chi connectivity index (χ0) is 31.3. The van der Waals surface area contributed by atoms with E-state index in [4.69, 9.17) is 18.9 Å². The molecule has 0 spiro atoms. The van der Waals surface area contributed by atoms with Crippen molar-refractivity contribution < 1.29 is 32.9 Å². The molecular weight excluding hydrogens is 579 g/mol. The largest absolute Gasteiger partial charge is 0.494 e. The lowest BCUT2D eigenvalue weighted by Gasteiger charge is -2.38. The van der Waals surface area contributed by atoms with E-state index < -0.39 is 11.8 Å². The highest BCUT2D eigenvalue weighted by Gasteiger charge is 2.33. The monoisotopic (exact) mass is 614 g/mol. The van der Waals surface area contributed by atoms with Gasteiger partial charge in [-0.25, -0.2) is 9.18 Å². The van der Waals surface area contributed by atoms with Gasteiger partial charge in [0, 0.05) is 37.3 Å². The van der Waals surface area contributed by atoms with E-state index >= 15 is 0 Å². The van der Waals surface area contributed by atoms with Crippen molar-refractivity contribution in [1.29, 1.82) is 0 Å². The first-order chi connectivity index (χ1) is 21.9. The van der Waals surface area contributed by atoms with Crippen LogP contribution in [0.5, 0.6) is 17.2 Å². The van der Waals surface area contributed by atoms with E-state index in [-0.39, 0.29) is 17.7 Å². The van der Waals surface area contributed by atoms with Crippen LogP contribution < -0.4 is 14.2 Å². The first kappa shape index (κ1) is 30.1. The predicted molar refractivity (Wildman–Crippen MR) is 163 cm³/mol. The second-order valence-electron chi connectivity index (χ2n) is 11.0. The van der Waals surface area contributed by atoms with Gasteiger partial charge in [0.05, 0.1) is 33.1 Å². The zero-order valence-electron chi connectivity index (χ0n) is 25.3. The van der Waals surface area contributed by atoms with Gasteiger partial charge >= 0.3 is 5.97 Å². The summed E-state index contributed by atoms with van der Waals surface area (Å²) in [6.07, 6.45) is 3.01. The van der Waals surface area contributed by atoms with Crippen molar-refractivity contribution in [2.75, 3.05) is 47.1 Å². The van der Waals surface area contributed by atoms with Gasteiger partial charge in [-0.05, 0) is 72.0 Å². The lowest BCUT2D eigenvalue weighted by molar-refractivity contribution is 0.0590. The van der Waals surface area contributed by atoms with Gasteiger partial charge in [0.25, 0.3) is 5.91 Å². The molecule has 0 fully saturated rings. The summed E-state index contributed by atoms with van der Waals surface area (Å²) < 4.78 is 36.6. The number of carbonyl (C=O) groups excluding carboxylic acids is 2. The van der Waals surface area contributed by atoms with Crippen LogP contribution in [0.4, 0.5) is 4.39 Å². The summed E-state index contributed by atoms with van der Waals surface area (Å²) in [5.74, 6) is 0.297. The summed E-state index contributed by atoms with van der Waals surface area (Å²) in [5, 5.41) is 6.78. The van der Waals surface area contributed by atoms with Gasteiger partial charge in [-0.1, -0.05) is 18.2 Å². The standard InChI is InChI=1S/C34H35FN4O6/c1-42-30-19-24(7-10-29(30)35)33(40)39-13-11-22-17-27-8-9-28(22)32(39)23-5-3-6-26(18-23)44-15-4-12-38(14-16-45-27)21-25-20-36-37-31(25)34(41)43-2/h3,5-10,17-20,32H,4,11-16,21H2,1-2H3,(H,36,37). The molecule has 3 aliphatic rings. The number of nitrogens with one attached hydrogen (secondary N) is 1. The predicted octanol–water partition coefficient (Wildman–Crippen LogP) is 4.80. The number of carbonyl (C=O) groups is 2. The topological polar surface area (TPSA) is 106 Å². The third-order valence-electron chi connectivity index (χ3n) is 8.24. The van der Waals surface area contributed by atoms with Gasteiger partial charge in [0.1, 0.15) is 23.8 Å². The van der Waals surface area contributed by atoms with Crippen molar-refractivity contribution in [3.8, 4) is 17.2 Å². The van der Waals surface area contributed by atoms with E-state index in [2.05, 4.69) is 15.1 Å². The second kappa shape index (κ2) is 13.4. The Kier molecular flexibility index (Phi) is 8.97. The van der Waals surface area contributed by atoms with E-state index in [1.54, 1.807) is 6.20 Å². The number of hydrogen-bond acceptors (Lipinski definition) is 8. The Bertz CT molecular complexity index is 1690. The molecule has 0 radical (unpaired) electrons. The number of methoxy groups -OCH3 is 2. The average molecular weight is 615 g/mol. The van der Waals surface area contributed by atoms with Crippen molar-refractivity contribution in [3.05, 3.63) is 106 Å². The lowest BCUT2D eigenvalue weighted by Crippen LogP contribution is -2.40. The molecule has 1 atom stereocenters. The Balaban J connectivity index is 1.29. The number of esters is 1. The zero-order valence-corrected chi connectivity index (χ0v) is 25.3. The van der Waals surface area contributed by atoms with Crippen molar-refractivity contribution >= 4 is 11.9 Å². The number of ether oxygens (including phenoxy) is 4. The third-order valence-corrected chi connectivity index (χ3v) is 8.24. The fourth-order valence-corrected chi connectivity index (χ4v) is 6.00. The second-order valence-corrected chi connectivity index (χ2v) is 11.0. The number of halogens is 1. The molecule has 1 unspecified atom stereocenters. The molecule has 45 heavy (non-hydrogen) atoms. The number of benzene rings is 3. The molecule has 1 amide bonds.